The van der Waals surface area contributed by atoms with Crippen LogP contribution in [0, 0.1) is 22.9 Å². The fourth-order valence-corrected chi connectivity index (χ4v) is 3.30. The van der Waals surface area contributed by atoms with E-state index in [1.807, 2.05) is 0 Å². The molecule has 134 valence electrons. The molecule has 0 saturated carbocycles. The zero-order chi connectivity index (χ0) is 19.6. The number of amides is 1. The van der Waals surface area contributed by atoms with Crippen molar-refractivity contribution >= 4 is 47.0 Å². The molecule has 3 aromatic rings. The molecule has 7 heteroatoms. The monoisotopic (exact) mass is 413 g/mol. The molecule has 0 bridgehead atoms. The van der Waals surface area contributed by atoms with Gasteiger partial charge in [0.1, 0.15) is 10.7 Å². The molecule has 0 spiro atoms. The molecule has 0 aliphatic carbocycles. The first-order valence-corrected chi connectivity index (χ1v) is 9.07. The quantitative estimate of drug-likeness (QED) is 0.505. The van der Waals surface area contributed by atoms with Crippen LogP contribution in [0.5, 0.6) is 0 Å². The number of aryl methyl sites for hydroxylation is 1. The van der Waals surface area contributed by atoms with Crippen molar-refractivity contribution < 1.29 is 4.79 Å². The van der Waals surface area contributed by atoms with Crippen LogP contribution in [0.2, 0.25) is 10.0 Å². The third-order valence-electron chi connectivity index (χ3n) is 3.98. The molecule has 2 aromatic carbocycles. The molecule has 1 heterocycles. The molecule has 0 aliphatic heterocycles. The van der Waals surface area contributed by atoms with Gasteiger partial charge in [-0.1, -0.05) is 47.6 Å². The summed E-state index contributed by atoms with van der Waals surface area (Å²) in [5, 5.41) is 13.6. The number of nitrogens with zero attached hydrogens (tertiary/aromatic N) is 1. The Kier molecular flexibility index (Phi) is 5.62. The lowest BCUT2D eigenvalue weighted by Crippen LogP contribution is -2.17. The maximum Gasteiger partial charge on any atom is 0.258 e. The number of rotatable bonds is 3. The van der Waals surface area contributed by atoms with Gasteiger partial charge in [-0.2, -0.15) is 5.26 Å². The predicted octanol–water partition coefficient (Wildman–Crippen LogP) is 6.15. The number of hydrogen-bond acceptors (Lipinski definition) is 3. The molecule has 2 N–H and O–H groups in total. The molecule has 0 saturated heterocycles. The summed E-state index contributed by atoms with van der Waals surface area (Å²) >= 11 is 17.2. The molecule has 0 atom stereocenters. The van der Waals surface area contributed by atoms with E-state index in [4.69, 9.17) is 35.4 Å². The summed E-state index contributed by atoms with van der Waals surface area (Å²) < 4.78 is 0.281. The highest BCUT2D eigenvalue weighted by Crippen LogP contribution is 2.31. The number of benzene rings is 2. The van der Waals surface area contributed by atoms with Crippen molar-refractivity contribution in [3.8, 4) is 17.2 Å². The van der Waals surface area contributed by atoms with Crippen molar-refractivity contribution in [3.63, 3.8) is 0 Å². The van der Waals surface area contributed by atoms with Crippen LogP contribution in [-0.2, 0) is 0 Å². The number of carbonyl (C=O) groups is 1. The maximum absolute atomic E-state index is 13.0. The number of H-pyrrole nitrogens is 1. The van der Waals surface area contributed by atoms with Crippen molar-refractivity contribution in [1.29, 1.82) is 5.26 Å². The largest absolute Gasteiger partial charge is 0.348 e. The number of nitriles is 1. The standard InChI is InChI=1S/C20H13Cl2N3OS/c1-11-17(19(26)25-15-8-6-14(22)7-9-15)18(16(10-23)20(27)24-11)12-2-4-13(21)5-3-12/h2-9H,1H3,(H,24,27)(H,25,26). The van der Waals surface area contributed by atoms with Crippen LogP contribution in [0.1, 0.15) is 21.6 Å². The van der Waals surface area contributed by atoms with E-state index in [1.54, 1.807) is 55.5 Å². The molecule has 4 nitrogen and oxygen atoms in total. The first-order chi connectivity index (χ1) is 12.9. The Morgan fingerprint density at radius 3 is 2.19 bits per heavy atom. The Hall–Kier alpha value is -2.65. The molecule has 0 aliphatic rings. The zero-order valence-corrected chi connectivity index (χ0v) is 16.5. The van der Waals surface area contributed by atoms with Gasteiger partial charge < -0.3 is 10.3 Å². The van der Waals surface area contributed by atoms with Crippen LogP contribution in [-0.4, -0.2) is 10.9 Å². The van der Waals surface area contributed by atoms with Gasteiger partial charge >= 0.3 is 0 Å². The molecular weight excluding hydrogens is 401 g/mol. The summed E-state index contributed by atoms with van der Waals surface area (Å²) in [6.07, 6.45) is 0. The number of carbonyl (C=O) groups excluding carboxylic acids is 1. The topological polar surface area (TPSA) is 68.7 Å². The molecule has 1 amide bonds. The minimum atomic E-state index is -0.359. The van der Waals surface area contributed by atoms with Gasteiger partial charge in [0, 0.05) is 27.0 Å². The van der Waals surface area contributed by atoms with Crippen molar-refractivity contribution in [1.82, 2.24) is 4.98 Å². The summed E-state index contributed by atoms with van der Waals surface area (Å²) in [5.74, 6) is -0.359. The second kappa shape index (κ2) is 7.93. The number of halogens is 2. The summed E-state index contributed by atoms with van der Waals surface area (Å²) in [4.78, 5) is 16.0. The second-order valence-corrected chi connectivity index (χ2v) is 7.06. The number of anilines is 1. The van der Waals surface area contributed by atoms with Gasteiger partial charge in [-0.3, -0.25) is 4.79 Å². The summed E-state index contributed by atoms with van der Waals surface area (Å²) in [6, 6.07) is 15.8. The molecule has 0 radical (unpaired) electrons. The highest BCUT2D eigenvalue weighted by atomic mass is 35.5. The lowest BCUT2D eigenvalue weighted by molar-refractivity contribution is 0.102. The number of aromatic amines is 1. The third kappa shape index (κ3) is 4.04. The maximum atomic E-state index is 13.0. The van der Waals surface area contributed by atoms with E-state index in [0.29, 0.717) is 38.1 Å². The SMILES string of the molecule is Cc1[nH]c(=S)c(C#N)c(-c2ccc(Cl)cc2)c1C(=O)Nc1ccc(Cl)cc1. The smallest absolute Gasteiger partial charge is 0.258 e. The Morgan fingerprint density at radius 2 is 1.63 bits per heavy atom. The average Bonchev–Trinajstić information content (AvgIpc) is 2.63. The van der Waals surface area contributed by atoms with Crippen LogP contribution in [0.4, 0.5) is 5.69 Å². The third-order valence-corrected chi connectivity index (χ3v) is 4.79. The van der Waals surface area contributed by atoms with Crippen LogP contribution >= 0.6 is 35.4 Å². The first kappa shape index (κ1) is 19.1. The summed E-state index contributed by atoms with van der Waals surface area (Å²) in [7, 11) is 0. The fraction of sp³-hybridized carbons (Fsp3) is 0.0500. The van der Waals surface area contributed by atoms with Crippen LogP contribution < -0.4 is 5.32 Å². The summed E-state index contributed by atoms with van der Waals surface area (Å²) in [5.41, 5.74) is 2.89. The van der Waals surface area contributed by atoms with E-state index in [9.17, 15) is 10.1 Å². The fourth-order valence-electron chi connectivity index (χ4n) is 2.74. The van der Waals surface area contributed by atoms with E-state index in [-0.39, 0.29) is 16.1 Å². The lowest BCUT2D eigenvalue weighted by Gasteiger charge is -2.15. The van der Waals surface area contributed by atoms with Gasteiger partial charge in [0.05, 0.1) is 11.1 Å². The van der Waals surface area contributed by atoms with E-state index < -0.39 is 0 Å². The zero-order valence-electron chi connectivity index (χ0n) is 14.1. The van der Waals surface area contributed by atoms with Crippen LogP contribution in [0.25, 0.3) is 11.1 Å². The van der Waals surface area contributed by atoms with Gasteiger partial charge in [0.2, 0.25) is 0 Å². The van der Waals surface area contributed by atoms with Gasteiger partial charge in [-0.05, 0) is 48.9 Å². The number of pyridine rings is 1. The molecule has 27 heavy (non-hydrogen) atoms. The molecule has 0 fully saturated rings. The Morgan fingerprint density at radius 1 is 1.07 bits per heavy atom. The molecular formula is C20H13Cl2N3OS. The van der Waals surface area contributed by atoms with Crippen molar-refractivity contribution in [2.75, 3.05) is 5.32 Å². The van der Waals surface area contributed by atoms with Gasteiger partial charge in [0.25, 0.3) is 5.91 Å². The van der Waals surface area contributed by atoms with Crippen molar-refractivity contribution in [2.45, 2.75) is 6.92 Å². The van der Waals surface area contributed by atoms with Gasteiger partial charge in [0.15, 0.2) is 0 Å². The number of aromatic nitrogens is 1. The highest BCUT2D eigenvalue weighted by Gasteiger charge is 2.21. The van der Waals surface area contributed by atoms with E-state index in [1.165, 1.54) is 0 Å². The Labute approximate surface area is 171 Å². The predicted molar refractivity (Wildman–Crippen MR) is 111 cm³/mol. The van der Waals surface area contributed by atoms with Crippen molar-refractivity contribution in [3.05, 3.63) is 80.0 Å². The van der Waals surface area contributed by atoms with Gasteiger partial charge in [-0.25, -0.2) is 0 Å². The van der Waals surface area contributed by atoms with Gasteiger partial charge in [-0.15, -0.1) is 0 Å². The van der Waals surface area contributed by atoms with Crippen molar-refractivity contribution in [2.24, 2.45) is 0 Å². The normalized spacial score (nSPS) is 10.3. The highest BCUT2D eigenvalue weighted by molar-refractivity contribution is 7.71. The lowest BCUT2D eigenvalue weighted by atomic mass is 9.94. The first-order valence-electron chi connectivity index (χ1n) is 7.90. The van der Waals surface area contributed by atoms with E-state index in [2.05, 4.69) is 16.4 Å². The summed E-state index contributed by atoms with van der Waals surface area (Å²) in [6.45, 7) is 1.74. The Balaban J connectivity index is 2.18. The number of nitrogens with one attached hydrogen (secondary N) is 2. The van der Waals surface area contributed by atoms with Crippen LogP contribution in [0.15, 0.2) is 48.5 Å². The second-order valence-electron chi connectivity index (χ2n) is 5.78. The van der Waals surface area contributed by atoms with Crippen LogP contribution in [0.3, 0.4) is 0 Å². The number of hydrogen-bond donors (Lipinski definition) is 2. The molecule has 3 rings (SSSR count). The average molecular weight is 414 g/mol. The Bertz CT molecular complexity index is 1110. The van der Waals surface area contributed by atoms with E-state index in [0.717, 1.165) is 0 Å². The molecule has 1 aromatic heterocycles. The van der Waals surface area contributed by atoms with E-state index >= 15 is 0 Å². The minimum absolute atomic E-state index is 0.235. The molecule has 0 unspecified atom stereocenters. The minimum Gasteiger partial charge on any atom is -0.348 e.